The van der Waals surface area contributed by atoms with Crippen molar-refractivity contribution >= 4 is 23.3 Å². The Morgan fingerprint density at radius 1 is 1.00 bits per heavy atom. The van der Waals surface area contributed by atoms with Gasteiger partial charge in [-0.05, 0) is 43.3 Å². The average molecular weight is 390 g/mol. The third-order valence-corrected chi connectivity index (χ3v) is 4.94. The molecule has 0 radical (unpaired) electrons. The molecular weight excluding hydrogens is 368 g/mol. The molecule has 0 aliphatic carbocycles. The highest BCUT2D eigenvalue weighted by Crippen LogP contribution is 2.17. The van der Waals surface area contributed by atoms with Crippen LogP contribution < -0.4 is 10.2 Å². The molecule has 3 aromatic rings. The van der Waals surface area contributed by atoms with Gasteiger partial charge in [0.2, 0.25) is 0 Å². The van der Waals surface area contributed by atoms with Crippen LogP contribution in [0.15, 0.2) is 65.4 Å². The van der Waals surface area contributed by atoms with Gasteiger partial charge in [-0.2, -0.15) is 0 Å². The molecule has 148 valence electrons. The summed E-state index contributed by atoms with van der Waals surface area (Å²) in [6.45, 7) is 4.54. The number of nitrogens with zero attached hydrogens (tertiary/aromatic N) is 3. The number of carbonyl (C=O) groups excluding carboxylic acids is 2. The van der Waals surface area contributed by atoms with E-state index in [0.717, 1.165) is 17.1 Å². The smallest absolute Gasteiger partial charge is 0.289 e. The average Bonchev–Trinajstić information content (AvgIpc) is 3.30. The molecule has 1 fully saturated rings. The van der Waals surface area contributed by atoms with E-state index in [1.165, 1.54) is 6.26 Å². The summed E-state index contributed by atoms with van der Waals surface area (Å²) in [7, 11) is 0. The van der Waals surface area contributed by atoms with E-state index in [0.29, 0.717) is 37.5 Å². The van der Waals surface area contributed by atoms with Gasteiger partial charge in [-0.15, -0.1) is 0 Å². The van der Waals surface area contributed by atoms with Crippen LogP contribution in [0.3, 0.4) is 0 Å². The second-order valence-corrected chi connectivity index (χ2v) is 6.98. The number of furan rings is 1. The number of hydrogen-bond donors (Lipinski definition) is 1. The van der Waals surface area contributed by atoms with Crippen molar-refractivity contribution in [2.75, 3.05) is 36.4 Å². The van der Waals surface area contributed by atoms with Crippen LogP contribution in [0, 0.1) is 6.92 Å². The molecule has 0 spiro atoms. The summed E-state index contributed by atoms with van der Waals surface area (Å²) in [6.07, 6.45) is 3.09. The summed E-state index contributed by atoms with van der Waals surface area (Å²) < 4.78 is 5.19. The quantitative estimate of drug-likeness (QED) is 0.740. The zero-order valence-electron chi connectivity index (χ0n) is 16.2. The lowest BCUT2D eigenvalue weighted by atomic mass is 10.2. The number of hydrogen-bond acceptors (Lipinski definition) is 5. The summed E-state index contributed by atoms with van der Waals surface area (Å²) in [5.41, 5.74) is 2.39. The summed E-state index contributed by atoms with van der Waals surface area (Å²) in [5, 5.41) is 2.87. The van der Waals surface area contributed by atoms with E-state index in [1.807, 2.05) is 37.3 Å². The van der Waals surface area contributed by atoms with Crippen LogP contribution in [0.2, 0.25) is 0 Å². The number of aromatic nitrogens is 1. The minimum Gasteiger partial charge on any atom is -0.459 e. The lowest BCUT2D eigenvalue weighted by molar-refractivity contribution is 0.0714. The van der Waals surface area contributed by atoms with Crippen LogP contribution >= 0.6 is 0 Å². The number of anilines is 2. The van der Waals surface area contributed by atoms with Crippen LogP contribution in [0.25, 0.3) is 0 Å². The third-order valence-electron chi connectivity index (χ3n) is 4.94. The zero-order valence-corrected chi connectivity index (χ0v) is 16.2. The van der Waals surface area contributed by atoms with Gasteiger partial charge in [0.05, 0.1) is 11.8 Å². The number of carbonyl (C=O) groups is 2. The van der Waals surface area contributed by atoms with Crippen molar-refractivity contribution in [3.63, 3.8) is 0 Å². The Labute approximate surface area is 169 Å². The van der Waals surface area contributed by atoms with Crippen LogP contribution in [0.5, 0.6) is 0 Å². The largest absolute Gasteiger partial charge is 0.459 e. The van der Waals surface area contributed by atoms with Gasteiger partial charge in [0.1, 0.15) is 5.82 Å². The Hall–Kier alpha value is -3.61. The second-order valence-electron chi connectivity index (χ2n) is 6.98. The highest BCUT2D eigenvalue weighted by atomic mass is 16.3. The van der Waals surface area contributed by atoms with E-state index < -0.39 is 0 Å². The third kappa shape index (κ3) is 4.29. The fourth-order valence-electron chi connectivity index (χ4n) is 3.24. The standard InChI is InChI=1S/C22H22N4O3/c1-16-4-7-18(8-5-16)24-21(27)17-6-9-20(23-15-17)25-10-12-26(13-11-25)22(28)19-3-2-14-29-19/h2-9,14-15H,10-13H2,1H3,(H,24,27). The molecule has 0 unspecified atom stereocenters. The first kappa shape index (κ1) is 18.7. The first-order chi connectivity index (χ1) is 14.1. The fraction of sp³-hybridized carbons (Fsp3) is 0.227. The summed E-state index contributed by atoms with van der Waals surface area (Å²) in [4.78, 5) is 33.1. The predicted octanol–water partition coefficient (Wildman–Crippen LogP) is 3.20. The highest BCUT2D eigenvalue weighted by molar-refractivity contribution is 6.04. The Kier molecular flexibility index (Phi) is 5.29. The van der Waals surface area contributed by atoms with Crippen molar-refractivity contribution in [2.45, 2.75) is 6.92 Å². The maximum atomic E-state index is 12.4. The number of rotatable bonds is 4. The molecule has 3 heterocycles. The molecule has 0 bridgehead atoms. The van der Waals surface area contributed by atoms with Crippen molar-refractivity contribution in [3.8, 4) is 0 Å². The van der Waals surface area contributed by atoms with Crippen molar-refractivity contribution in [3.05, 3.63) is 77.9 Å². The molecule has 0 saturated carbocycles. The van der Waals surface area contributed by atoms with Gasteiger partial charge in [0.25, 0.3) is 11.8 Å². The molecular formula is C22H22N4O3. The lowest BCUT2D eigenvalue weighted by Gasteiger charge is -2.35. The van der Waals surface area contributed by atoms with E-state index in [9.17, 15) is 9.59 Å². The molecule has 1 saturated heterocycles. The Bertz CT molecular complexity index is 974. The van der Waals surface area contributed by atoms with Crippen LogP contribution in [0.1, 0.15) is 26.5 Å². The second kappa shape index (κ2) is 8.18. The molecule has 7 heteroatoms. The summed E-state index contributed by atoms with van der Waals surface area (Å²) in [5.74, 6) is 0.870. The molecule has 1 aliphatic heterocycles. The SMILES string of the molecule is Cc1ccc(NC(=O)c2ccc(N3CCN(C(=O)c4ccco4)CC3)nc2)cc1. The molecule has 29 heavy (non-hydrogen) atoms. The lowest BCUT2D eigenvalue weighted by Crippen LogP contribution is -2.49. The summed E-state index contributed by atoms with van der Waals surface area (Å²) in [6, 6.07) is 14.7. The van der Waals surface area contributed by atoms with Gasteiger partial charge in [0.15, 0.2) is 5.76 Å². The topological polar surface area (TPSA) is 78.7 Å². The molecule has 1 aromatic carbocycles. The van der Waals surface area contributed by atoms with E-state index in [4.69, 9.17) is 4.42 Å². The van der Waals surface area contributed by atoms with Gasteiger partial charge in [-0.3, -0.25) is 9.59 Å². The van der Waals surface area contributed by atoms with Gasteiger partial charge in [-0.1, -0.05) is 17.7 Å². The number of amides is 2. The zero-order chi connectivity index (χ0) is 20.2. The van der Waals surface area contributed by atoms with Crippen molar-refractivity contribution in [1.82, 2.24) is 9.88 Å². The molecule has 7 nitrogen and oxygen atoms in total. The van der Waals surface area contributed by atoms with Crippen molar-refractivity contribution in [1.29, 1.82) is 0 Å². The van der Waals surface area contributed by atoms with Crippen LogP contribution in [-0.2, 0) is 0 Å². The van der Waals surface area contributed by atoms with Gasteiger partial charge in [0, 0.05) is 38.1 Å². The van der Waals surface area contributed by atoms with E-state index in [1.54, 1.807) is 29.3 Å². The number of piperazine rings is 1. The van der Waals surface area contributed by atoms with Gasteiger partial charge < -0.3 is 19.5 Å². The predicted molar refractivity (Wildman–Crippen MR) is 110 cm³/mol. The number of pyridine rings is 1. The highest BCUT2D eigenvalue weighted by Gasteiger charge is 2.24. The number of benzene rings is 1. The van der Waals surface area contributed by atoms with Crippen molar-refractivity contribution in [2.24, 2.45) is 0 Å². The van der Waals surface area contributed by atoms with Crippen LogP contribution in [0.4, 0.5) is 11.5 Å². The van der Waals surface area contributed by atoms with Gasteiger partial charge in [-0.25, -0.2) is 4.98 Å². The molecule has 0 atom stereocenters. The van der Waals surface area contributed by atoms with Gasteiger partial charge >= 0.3 is 0 Å². The van der Waals surface area contributed by atoms with Crippen LogP contribution in [-0.4, -0.2) is 47.9 Å². The fourth-order valence-corrected chi connectivity index (χ4v) is 3.24. The normalized spacial score (nSPS) is 14.0. The molecule has 1 N–H and O–H groups in total. The Morgan fingerprint density at radius 3 is 2.38 bits per heavy atom. The van der Waals surface area contributed by atoms with E-state index in [2.05, 4.69) is 15.2 Å². The minimum atomic E-state index is -0.193. The summed E-state index contributed by atoms with van der Waals surface area (Å²) >= 11 is 0. The molecule has 2 amide bonds. The van der Waals surface area contributed by atoms with Crippen molar-refractivity contribution < 1.29 is 14.0 Å². The molecule has 1 aliphatic rings. The Morgan fingerprint density at radius 2 is 1.76 bits per heavy atom. The number of nitrogens with one attached hydrogen (secondary N) is 1. The minimum absolute atomic E-state index is 0.0919. The molecule has 2 aromatic heterocycles. The first-order valence-corrected chi connectivity index (χ1v) is 9.52. The monoisotopic (exact) mass is 390 g/mol. The van der Waals surface area contributed by atoms with E-state index in [-0.39, 0.29) is 11.8 Å². The maximum Gasteiger partial charge on any atom is 0.289 e. The molecule has 4 rings (SSSR count). The maximum absolute atomic E-state index is 12.4. The number of aryl methyl sites for hydroxylation is 1. The Balaban J connectivity index is 1.34. The van der Waals surface area contributed by atoms with E-state index >= 15 is 0 Å². The first-order valence-electron chi connectivity index (χ1n) is 9.52.